The predicted octanol–water partition coefficient (Wildman–Crippen LogP) is 6.30. The first-order valence-corrected chi connectivity index (χ1v) is 10.3. The zero-order chi connectivity index (χ0) is 23.0. The molecule has 0 unspecified atom stereocenters. The topological polar surface area (TPSA) is 85.1 Å². The number of aromatic nitrogens is 1. The van der Waals surface area contributed by atoms with E-state index in [1.807, 2.05) is 64.1 Å². The molecule has 0 bridgehead atoms. The summed E-state index contributed by atoms with van der Waals surface area (Å²) >= 11 is 0. The Labute approximate surface area is 186 Å². The molecule has 0 aliphatic heterocycles. The van der Waals surface area contributed by atoms with Crippen LogP contribution in [0.25, 0.3) is 22.2 Å². The van der Waals surface area contributed by atoms with Gasteiger partial charge in [-0.3, -0.25) is 14.9 Å². The SMILES string of the molecule is Cc1ccc(-c2nc3c(C)cc(C)cc3c(C(=O)Nc3cccc([N+](=O)[O-])c3)c2C)cc1. The lowest BCUT2D eigenvalue weighted by molar-refractivity contribution is -0.384. The maximum Gasteiger partial charge on any atom is 0.271 e. The van der Waals surface area contributed by atoms with Gasteiger partial charge in [-0.05, 0) is 51.0 Å². The van der Waals surface area contributed by atoms with E-state index in [4.69, 9.17) is 4.98 Å². The smallest absolute Gasteiger partial charge is 0.271 e. The first-order valence-electron chi connectivity index (χ1n) is 10.3. The highest BCUT2D eigenvalue weighted by molar-refractivity contribution is 6.15. The van der Waals surface area contributed by atoms with E-state index in [1.54, 1.807) is 12.1 Å². The number of carbonyl (C=O) groups is 1. The largest absolute Gasteiger partial charge is 0.322 e. The molecule has 6 heteroatoms. The number of hydrogen-bond acceptors (Lipinski definition) is 4. The second-order valence-electron chi connectivity index (χ2n) is 8.07. The van der Waals surface area contributed by atoms with Crippen LogP contribution in [-0.4, -0.2) is 15.8 Å². The summed E-state index contributed by atoms with van der Waals surface area (Å²) in [5, 5.41) is 14.7. The number of rotatable bonds is 4. The van der Waals surface area contributed by atoms with E-state index in [9.17, 15) is 14.9 Å². The minimum atomic E-state index is -0.481. The molecule has 0 saturated carbocycles. The van der Waals surface area contributed by atoms with Gasteiger partial charge in [-0.2, -0.15) is 0 Å². The van der Waals surface area contributed by atoms with Gasteiger partial charge >= 0.3 is 0 Å². The van der Waals surface area contributed by atoms with E-state index < -0.39 is 4.92 Å². The van der Waals surface area contributed by atoms with Gasteiger partial charge < -0.3 is 5.32 Å². The number of benzene rings is 3. The molecule has 0 atom stereocenters. The molecule has 0 radical (unpaired) electrons. The van der Waals surface area contributed by atoms with Gasteiger partial charge in [-0.25, -0.2) is 4.98 Å². The van der Waals surface area contributed by atoms with Gasteiger partial charge in [-0.1, -0.05) is 47.5 Å². The Morgan fingerprint density at radius 3 is 2.34 bits per heavy atom. The number of non-ortho nitro benzene ring substituents is 1. The molecule has 160 valence electrons. The zero-order valence-corrected chi connectivity index (χ0v) is 18.4. The minimum absolute atomic E-state index is 0.0776. The molecule has 4 rings (SSSR count). The number of hydrogen-bond donors (Lipinski definition) is 1. The summed E-state index contributed by atoms with van der Waals surface area (Å²) in [5.41, 5.74) is 7.16. The number of amides is 1. The normalized spacial score (nSPS) is 10.9. The van der Waals surface area contributed by atoms with E-state index in [2.05, 4.69) is 5.32 Å². The van der Waals surface area contributed by atoms with Crippen molar-refractivity contribution in [1.82, 2.24) is 4.98 Å². The average Bonchev–Trinajstić information content (AvgIpc) is 2.74. The third-order valence-corrected chi connectivity index (χ3v) is 5.53. The second-order valence-corrected chi connectivity index (χ2v) is 8.07. The van der Waals surface area contributed by atoms with Crippen molar-refractivity contribution in [3.8, 4) is 11.3 Å². The fourth-order valence-electron chi connectivity index (χ4n) is 3.99. The van der Waals surface area contributed by atoms with Crippen LogP contribution in [0, 0.1) is 37.8 Å². The summed E-state index contributed by atoms with van der Waals surface area (Å²) < 4.78 is 0. The number of fused-ring (bicyclic) bond motifs is 1. The number of aryl methyl sites for hydroxylation is 3. The molecule has 1 aromatic heterocycles. The summed E-state index contributed by atoms with van der Waals surface area (Å²) in [6.07, 6.45) is 0. The van der Waals surface area contributed by atoms with Gasteiger partial charge in [0, 0.05) is 28.8 Å². The monoisotopic (exact) mass is 425 g/mol. The standard InChI is InChI=1S/C26H23N3O3/c1-15-8-10-19(11-9-15)25-18(4)23(22-13-16(2)12-17(3)24(22)28-25)26(30)27-20-6-5-7-21(14-20)29(31)32/h5-14H,1-4H3,(H,27,30). The third-order valence-electron chi connectivity index (χ3n) is 5.53. The summed E-state index contributed by atoms with van der Waals surface area (Å²) in [7, 11) is 0. The van der Waals surface area contributed by atoms with Crippen molar-refractivity contribution in [3.63, 3.8) is 0 Å². The molecule has 32 heavy (non-hydrogen) atoms. The van der Waals surface area contributed by atoms with Crippen molar-refractivity contribution >= 4 is 28.2 Å². The van der Waals surface area contributed by atoms with Crippen LogP contribution in [0.3, 0.4) is 0 Å². The van der Waals surface area contributed by atoms with E-state index >= 15 is 0 Å². The van der Waals surface area contributed by atoms with Crippen LogP contribution in [0.5, 0.6) is 0 Å². The molecule has 1 heterocycles. The lowest BCUT2D eigenvalue weighted by Gasteiger charge is -2.17. The van der Waals surface area contributed by atoms with Gasteiger partial charge in [0.25, 0.3) is 11.6 Å². The Morgan fingerprint density at radius 2 is 1.66 bits per heavy atom. The molecule has 3 aromatic carbocycles. The molecule has 0 fully saturated rings. The lowest BCUT2D eigenvalue weighted by Crippen LogP contribution is -2.15. The molecule has 6 nitrogen and oxygen atoms in total. The first-order chi connectivity index (χ1) is 15.2. The summed E-state index contributed by atoms with van der Waals surface area (Å²) in [5.74, 6) is -0.325. The Hall–Kier alpha value is -4.06. The number of nitrogens with zero attached hydrogens (tertiary/aromatic N) is 2. The quantitative estimate of drug-likeness (QED) is 0.307. The van der Waals surface area contributed by atoms with Crippen LogP contribution >= 0.6 is 0 Å². The van der Waals surface area contributed by atoms with Crippen molar-refractivity contribution in [3.05, 3.63) is 98.6 Å². The van der Waals surface area contributed by atoms with Gasteiger partial charge in [-0.15, -0.1) is 0 Å². The number of carbonyl (C=O) groups excluding carboxylic acids is 1. The fourth-order valence-corrected chi connectivity index (χ4v) is 3.99. The minimum Gasteiger partial charge on any atom is -0.322 e. The maximum atomic E-state index is 13.5. The number of nitrogens with one attached hydrogen (secondary N) is 1. The molecule has 4 aromatic rings. The third kappa shape index (κ3) is 3.95. The summed E-state index contributed by atoms with van der Waals surface area (Å²) in [6, 6.07) is 18.0. The van der Waals surface area contributed by atoms with Crippen LogP contribution in [0.2, 0.25) is 0 Å². The number of anilines is 1. The predicted molar refractivity (Wildman–Crippen MR) is 127 cm³/mol. The average molecular weight is 425 g/mol. The summed E-state index contributed by atoms with van der Waals surface area (Å²) in [4.78, 5) is 29.1. The Balaban J connectivity index is 1.91. The number of nitro groups is 1. The Morgan fingerprint density at radius 1 is 0.938 bits per heavy atom. The highest BCUT2D eigenvalue weighted by Crippen LogP contribution is 2.32. The van der Waals surface area contributed by atoms with Crippen LogP contribution in [-0.2, 0) is 0 Å². The lowest BCUT2D eigenvalue weighted by atomic mass is 9.94. The van der Waals surface area contributed by atoms with Crippen molar-refractivity contribution in [2.45, 2.75) is 27.7 Å². The highest BCUT2D eigenvalue weighted by Gasteiger charge is 2.21. The Bertz CT molecular complexity index is 1380. The molecule has 0 aliphatic rings. The second kappa shape index (κ2) is 8.23. The van der Waals surface area contributed by atoms with E-state index in [-0.39, 0.29) is 11.6 Å². The molecule has 1 N–H and O–H groups in total. The molecule has 0 aliphatic carbocycles. The van der Waals surface area contributed by atoms with Crippen molar-refractivity contribution < 1.29 is 9.72 Å². The van der Waals surface area contributed by atoms with Gasteiger partial charge in [0.1, 0.15) is 0 Å². The van der Waals surface area contributed by atoms with E-state index in [0.717, 1.165) is 44.4 Å². The van der Waals surface area contributed by atoms with E-state index in [0.29, 0.717) is 11.3 Å². The van der Waals surface area contributed by atoms with Gasteiger partial charge in [0.2, 0.25) is 0 Å². The van der Waals surface area contributed by atoms with Crippen LogP contribution in [0.1, 0.15) is 32.6 Å². The maximum absolute atomic E-state index is 13.5. The first kappa shape index (κ1) is 21.2. The van der Waals surface area contributed by atoms with Crippen LogP contribution in [0.4, 0.5) is 11.4 Å². The van der Waals surface area contributed by atoms with Crippen molar-refractivity contribution in [2.24, 2.45) is 0 Å². The number of nitro benzene ring substituents is 1. The van der Waals surface area contributed by atoms with Gasteiger partial charge in [0.05, 0.1) is 21.7 Å². The van der Waals surface area contributed by atoms with Crippen molar-refractivity contribution in [1.29, 1.82) is 0 Å². The molecule has 0 spiro atoms. The molecule has 1 amide bonds. The fraction of sp³-hybridized carbons (Fsp3) is 0.154. The van der Waals surface area contributed by atoms with Crippen molar-refractivity contribution in [2.75, 3.05) is 5.32 Å². The van der Waals surface area contributed by atoms with E-state index in [1.165, 1.54) is 12.1 Å². The number of pyridine rings is 1. The molecule has 0 saturated heterocycles. The Kier molecular flexibility index (Phi) is 5.45. The summed E-state index contributed by atoms with van der Waals surface area (Å²) in [6.45, 7) is 7.88. The molecular weight excluding hydrogens is 402 g/mol. The van der Waals surface area contributed by atoms with Crippen LogP contribution < -0.4 is 5.32 Å². The zero-order valence-electron chi connectivity index (χ0n) is 18.4. The van der Waals surface area contributed by atoms with Gasteiger partial charge in [0.15, 0.2) is 0 Å². The van der Waals surface area contributed by atoms with Crippen LogP contribution in [0.15, 0.2) is 60.7 Å². The molecular formula is C26H23N3O3. The highest BCUT2D eigenvalue weighted by atomic mass is 16.6.